The lowest BCUT2D eigenvalue weighted by Crippen LogP contribution is -1.80. The maximum atomic E-state index is 9.81. The molecule has 0 aliphatic heterocycles. The van der Waals surface area contributed by atoms with Gasteiger partial charge in [0.2, 0.25) is 0 Å². The van der Waals surface area contributed by atoms with Gasteiger partial charge in [-0.25, -0.2) is 0 Å². The van der Waals surface area contributed by atoms with Crippen molar-refractivity contribution in [3.63, 3.8) is 0 Å². The highest BCUT2D eigenvalue weighted by Gasteiger charge is 1.76. The number of hydrogen-bond donors (Lipinski definition) is 1. The Bertz CT molecular complexity index is 142. The topological polar surface area (TPSA) is 45.8 Å². The molecule has 0 saturated heterocycles. The second-order valence-corrected chi connectivity index (χ2v) is 1.82. The summed E-state index contributed by atoms with van der Waals surface area (Å²) in [5.41, 5.74) is 0. The molecule has 0 atom stereocenters. The quantitative estimate of drug-likeness (QED) is 0.703. The van der Waals surface area contributed by atoms with E-state index in [9.17, 15) is 4.79 Å². The normalized spacial score (nSPS) is 7.00. The summed E-state index contributed by atoms with van der Waals surface area (Å²) in [4.78, 5) is 9.81. The van der Waals surface area contributed by atoms with Crippen molar-refractivity contribution in [2.45, 2.75) is 34.1 Å². The number of Topliss-reactive ketones (excluding diaryl/α,β-unsaturated/α-hetero) is 1. The predicted molar refractivity (Wildman–Crippen MR) is 50.9 cm³/mol. The van der Waals surface area contributed by atoms with E-state index in [1.54, 1.807) is 19.3 Å². The number of ketones is 1. The molecular weight excluding hydrogens is 152 g/mol. The van der Waals surface area contributed by atoms with Crippen molar-refractivity contribution in [3.05, 3.63) is 18.5 Å². The number of carbonyl (C=O) groups excluding carboxylic acids is 1. The van der Waals surface area contributed by atoms with Crippen LogP contribution in [0.4, 0.5) is 0 Å². The molecule has 0 fully saturated rings. The molecule has 3 heteroatoms. The molecule has 3 nitrogen and oxygen atoms in total. The molecular formula is C9H18N2O. The first kappa shape index (κ1) is 13.5. The summed E-state index contributed by atoms with van der Waals surface area (Å²) in [7, 11) is 0. The molecule has 0 saturated carbocycles. The predicted octanol–water partition coefficient (Wildman–Crippen LogP) is 2.42. The van der Waals surface area contributed by atoms with E-state index >= 15 is 0 Å². The summed E-state index contributed by atoms with van der Waals surface area (Å²) in [6, 6.07) is 1.83. The van der Waals surface area contributed by atoms with Crippen molar-refractivity contribution in [1.82, 2.24) is 10.2 Å². The van der Waals surface area contributed by atoms with Crippen LogP contribution in [-0.2, 0) is 4.79 Å². The number of hydrogen-bond acceptors (Lipinski definition) is 2. The summed E-state index contributed by atoms with van der Waals surface area (Å²) in [5, 5.41) is 6.21. The molecule has 1 rings (SSSR count). The number of H-pyrrole nitrogens is 1. The van der Waals surface area contributed by atoms with Crippen LogP contribution in [-0.4, -0.2) is 16.0 Å². The van der Waals surface area contributed by atoms with Crippen LogP contribution in [0.25, 0.3) is 0 Å². The third-order valence-electron chi connectivity index (χ3n) is 0.904. The van der Waals surface area contributed by atoms with Gasteiger partial charge in [-0.15, -0.1) is 0 Å². The van der Waals surface area contributed by atoms with Gasteiger partial charge in [0.1, 0.15) is 5.78 Å². The summed E-state index contributed by atoms with van der Waals surface area (Å²) >= 11 is 0. The van der Waals surface area contributed by atoms with Gasteiger partial charge in [-0.3, -0.25) is 5.10 Å². The smallest absolute Gasteiger partial charge is 0.129 e. The monoisotopic (exact) mass is 170 g/mol. The van der Waals surface area contributed by atoms with Crippen LogP contribution in [0.1, 0.15) is 34.1 Å². The van der Waals surface area contributed by atoms with Gasteiger partial charge in [-0.1, -0.05) is 20.8 Å². The minimum Gasteiger partial charge on any atom is -0.300 e. The number of rotatable bonds is 1. The fourth-order valence-electron chi connectivity index (χ4n) is 0.215. The second kappa shape index (κ2) is 12.5. The summed E-state index contributed by atoms with van der Waals surface area (Å²) in [6.45, 7) is 7.43. The minimum absolute atomic E-state index is 0.255. The van der Waals surface area contributed by atoms with Crippen LogP contribution in [0.2, 0.25) is 0 Å². The van der Waals surface area contributed by atoms with Crippen molar-refractivity contribution in [1.29, 1.82) is 0 Å². The fraction of sp³-hybridized carbons (Fsp3) is 0.556. The lowest BCUT2D eigenvalue weighted by Gasteiger charge is -1.71. The van der Waals surface area contributed by atoms with E-state index in [4.69, 9.17) is 0 Å². The molecule has 0 amide bonds. The lowest BCUT2D eigenvalue weighted by atomic mass is 10.4. The molecule has 0 radical (unpaired) electrons. The SMILES string of the molecule is CC.CCC(C)=O.c1cn[nH]c1. The summed E-state index contributed by atoms with van der Waals surface area (Å²) in [6.07, 6.45) is 4.12. The van der Waals surface area contributed by atoms with Crippen LogP contribution in [0, 0.1) is 0 Å². The Labute approximate surface area is 74.2 Å². The van der Waals surface area contributed by atoms with E-state index in [0.717, 1.165) is 0 Å². The van der Waals surface area contributed by atoms with E-state index < -0.39 is 0 Å². The largest absolute Gasteiger partial charge is 0.300 e. The number of nitrogens with zero attached hydrogens (tertiary/aromatic N) is 1. The summed E-state index contributed by atoms with van der Waals surface area (Å²) < 4.78 is 0. The van der Waals surface area contributed by atoms with Gasteiger partial charge >= 0.3 is 0 Å². The van der Waals surface area contributed by atoms with Crippen molar-refractivity contribution >= 4 is 5.78 Å². The molecule has 0 spiro atoms. The van der Waals surface area contributed by atoms with Crippen LogP contribution in [0.5, 0.6) is 0 Å². The first-order valence-corrected chi connectivity index (χ1v) is 4.20. The third-order valence-corrected chi connectivity index (χ3v) is 0.904. The van der Waals surface area contributed by atoms with Crippen LogP contribution in [0.15, 0.2) is 18.5 Å². The van der Waals surface area contributed by atoms with Gasteiger partial charge in [0, 0.05) is 18.8 Å². The lowest BCUT2D eigenvalue weighted by molar-refractivity contribution is -0.116. The Kier molecular flexibility index (Phi) is 14.1. The molecule has 1 N–H and O–H groups in total. The third kappa shape index (κ3) is 15.9. The fourth-order valence-corrected chi connectivity index (χ4v) is 0.215. The Hall–Kier alpha value is -1.12. The van der Waals surface area contributed by atoms with Gasteiger partial charge in [0.05, 0.1) is 0 Å². The molecule has 0 bridgehead atoms. The first-order valence-electron chi connectivity index (χ1n) is 4.20. The molecule has 1 aromatic rings. The van der Waals surface area contributed by atoms with Gasteiger partial charge in [-0.2, -0.15) is 5.10 Å². The number of carbonyl (C=O) groups is 1. The van der Waals surface area contributed by atoms with Gasteiger partial charge < -0.3 is 4.79 Å². The average molecular weight is 170 g/mol. The highest BCUT2D eigenvalue weighted by molar-refractivity contribution is 5.74. The summed E-state index contributed by atoms with van der Waals surface area (Å²) in [5.74, 6) is 0.255. The number of aromatic amines is 1. The van der Waals surface area contributed by atoms with Crippen LogP contribution < -0.4 is 0 Å². The Morgan fingerprint density at radius 3 is 2.08 bits per heavy atom. The molecule has 12 heavy (non-hydrogen) atoms. The van der Waals surface area contributed by atoms with Gasteiger partial charge in [0.15, 0.2) is 0 Å². The molecule has 70 valence electrons. The zero-order valence-electron chi connectivity index (χ0n) is 8.29. The molecule has 0 unspecified atom stereocenters. The van der Waals surface area contributed by atoms with Gasteiger partial charge in [0.25, 0.3) is 0 Å². The van der Waals surface area contributed by atoms with Crippen LogP contribution >= 0.6 is 0 Å². The number of aromatic nitrogens is 2. The zero-order valence-corrected chi connectivity index (χ0v) is 8.29. The highest BCUT2D eigenvalue weighted by atomic mass is 16.1. The van der Waals surface area contributed by atoms with E-state index in [1.165, 1.54) is 0 Å². The van der Waals surface area contributed by atoms with Crippen molar-refractivity contribution < 1.29 is 4.79 Å². The minimum atomic E-state index is 0.255. The molecule has 1 aromatic heterocycles. The maximum absolute atomic E-state index is 9.81. The molecule has 0 aliphatic carbocycles. The zero-order chi connectivity index (χ0) is 9.82. The highest BCUT2D eigenvalue weighted by Crippen LogP contribution is 1.71. The molecule has 0 aromatic carbocycles. The van der Waals surface area contributed by atoms with E-state index in [-0.39, 0.29) is 5.78 Å². The van der Waals surface area contributed by atoms with Crippen LogP contribution in [0.3, 0.4) is 0 Å². The van der Waals surface area contributed by atoms with Crippen molar-refractivity contribution in [3.8, 4) is 0 Å². The molecule has 1 heterocycles. The van der Waals surface area contributed by atoms with E-state index in [1.807, 2.05) is 26.8 Å². The second-order valence-electron chi connectivity index (χ2n) is 1.82. The first-order chi connectivity index (χ1) is 5.77. The Morgan fingerprint density at radius 2 is 2.00 bits per heavy atom. The number of nitrogens with one attached hydrogen (secondary N) is 1. The van der Waals surface area contributed by atoms with E-state index in [2.05, 4.69) is 10.2 Å². The van der Waals surface area contributed by atoms with Crippen molar-refractivity contribution in [2.24, 2.45) is 0 Å². The average Bonchev–Trinajstić information content (AvgIpc) is 2.65. The standard InChI is InChI=1S/C4H8O.C3H4N2.C2H6/c1-3-4(2)5;1-2-4-5-3-1;1-2/h3H2,1-2H3;1-3H,(H,4,5);1-2H3. The van der Waals surface area contributed by atoms with E-state index in [0.29, 0.717) is 6.42 Å². The molecule has 0 aliphatic rings. The maximum Gasteiger partial charge on any atom is 0.129 e. The Balaban J connectivity index is 0. The Morgan fingerprint density at radius 1 is 1.50 bits per heavy atom. The van der Waals surface area contributed by atoms with Crippen molar-refractivity contribution in [2.75, 3.05) is 0 Å². The van der Waals surface area contributed by atoms with Gasteiger partial charge in [-0.05, 0) is 13.0 Å².